The van der Waals surface area contributed by atoms with Crippen LogP contribution in [0.5, 0.6) is 0 Å². The molecule has 110 valence electrons. The molecule has 0 radical (unpaired) electrons. The first-order chi connectivity index (χ1) is 9.41. The van der Waals surface area contributed by atoms with Crippen molar-refractivity contribution in [3.63, 3.8) is 0 Å². The minimum Gasteiger partial charge on any atom is -0.347 e. The van der Waals surface area contributed by atoms with E-state index < -0.39 is 11.8 Å². The van der Waals surface area contributed by atoms with Crippen LogP contribution in [0, 0.1) is 5.92 Å². The molecule has 1 saturated heterocycles. The van der Waals surface area contributed by atoms with E-state index >= 15 is 0 Å². The third kappa shape index (κ3) is 3.15. The number of nitrogens with one attached hydrogen (secondary N) is 1. The third-order valence-corrected chi connectivity index (χ3v) is 3.85. The number of piperidine rings is 1. The second-order valence-electron chi connectivity index (χ2n) is 5.55. The van der Waals surface area contributed by atoms with Crippen LogP contribution in [0.4, 0.5) is 8.78 Å². The van der Waals surface area contributed by atoms with Crippen molar-refractivity contribution in [1.29, 1.82) is 0 Å². The molecule has 1 aliphatic rings. The molecule has 0 saturated carbocycles. The summed E-state index contributed by atoms with van der Waals surface area (Å²) in [4.78, 5) is 14.0. The molecule has 3 nitrogen and oxygen atoms in total. The Labute approximate surface area is 118 Å². The fourth-order valence-electron chi connectivity index (χ4n) is 2.61. The molecule has 1 aromatic carbocycles. The van der Waals surface area contributed by atoms with E-state index in [0.29, 0.717) is 6.42 Å². The Morgan fingerprint density at radius 1 is 1.35 bits per heavy atom. The summed E-state index contributed by atoms with van der Waals surface area (Å²) >= 11 is 0. The molecule has 20 heavy (non-hydrogen) atoms. The van der Waals surface area contributed by atoms with Gasteiger partial charge in [-0.25, -0.2) is 0 Å². The number of amides is 1. The van der Waals surface area contributed by atoms with Crippen LogP contribution >= 0.6 is 0 Å². The van der Waals surface area contributed by atoms with Crippen LogP contribution in [0.2, 0.25) is 0 Å². The first-order valence-corrected chi connectivity index (χ1v) is 6.84. The van der Waals surface area contributed by atoms with Crippen molar-refractivity contribution in [1.82, 2.24) is 10.2 Å². The maximum absolute atomic E-state index is 14.1. The van der Waals surface area contributed by atoms with Gasteiger partial charge in [-0.15, -0.1) is 0 Å². The molecule has 0 aliphatic carbocycles. The first-order valence-electron chi connectivity index (χ1n) is 6.84. The molecule has 5 heteroatoms. The highest BCUT2D eigenvalue weighted by atomic mass is 19.3. The highest BCUT2D eigenvalue weighted by Crippen LogP contribution is 2.28. The molecule has 1 N–H and O–H groups in total. The maximum atomic E-state index is 14.1. The van der Waals surface area contributed by atoms with E-state index in [2.05, 4.69) is 10.2 Å². The zero-order valence-electron chi connectivity index (χ0n) is 11.8. The number of benzene rings is 1. The first kappa shape index (κ1) is 14.9. The Morgan fingerprint density at radius 3 is 2.60 bits per heavy atom. The molecule has 2 atom stereocenters. The summed E-state index contributed by atoms with van der Waals surface area (Å²) < 4.78 is 28.2. The zero-order valence-corrected chi connectivity index (χ0v) is 11.8. The molecule has 0 spiro atoms. The molecule has 0 aromatic heterocycles. The summed E-state index contributed by atoms with van der Waals surface area (Å²) in [6, 6.07) is 7.03. The molecule has 2 rings (SSSR count). The number of alkyl halides is 2. The molecular weight excluding hydrogens is 262 g/mol. The van der Waals surface area contributed by atoms with Gasteiger partial charge >= 0.3 is 5.92 Å². The number of rotatable bonds is 3. The van der Waals surface area contributed by atoms with Gasteiger partial charge in [0.25, 0.3) is 5.91 Å². The van der Waals surface area contributed by atoms with Gasteiger partial charge in [0.15, 0.2) is 0 Å². The number of nitrogens with zero attached hydrogens (tertiary/aromatic N) is 1. The number of hydrogen-bond acceptors (Lipinski definition) is 2. The van der Waals surface area contributed by atoms with Gasteiger partial charge in [0, 0.05) is 18.2 Å². The van der Waals surface area contributed by atoms with Gasteiger partial charge in [-0.1, -0.05) is 37.3 Å². The number of likely N-dealkylation sites (tertiary alicyclic amines) is 1. The summed E-state index contributed by atoms with van der Waals surface area (Å²) in [5.41, 5.74) is -0.266. The standard InChI is InChI=1S/C15H20F2N2O/c1-11-10-19(2)9-8-13(11)18-14(20)15(16,17)12-6-4-3-5-7-12/h3-7,11,13H,8-10H2,1-2H3,(H,18,20). The predicted octanol–water partition coefficient (Wildman–Crippen LogP) is 2.23. The van der Waals surface area contributed by atoms with Gasteiger partial charge in [0.2, 0.25) is 0 Å². The Bertz CT molecular complexity index is 464. The van der Waals surface area contributed by atoms with Crippen LogP contribution in [0.1, 0.15) is 18.9 Å². The van der Waals surface area contributed by atoms with Gasteiger partial charge in [0.1, 0.15) is 0 Å². The summed E-state index contributed by atoms with van der Waals surface area (Å²) in [6.45, 7) is 3.59. The fraction of sp³-hybridized carbons (Fsp3) is 0.533. The van der Waals surface area contributed by atoms with Crippen molar-refractivity contribution in [3.05, 3.63) is 35.9 Å². The Morgan fingerprint density at radius 2 is 2.00 bits per heavy atom. The SMILES string of the molecule is CC1CN(C)CCC1NC(=O)C(F)(F)c1ccccc1. The Balaban J connectivity index is 2.04. The summed E-state index contributed by atoms with van der Waals surface area (Å²) in [6.07, 6.45) is 0.703. The van der Waals surface area contributed by atoms with Gasteiger partial charge in [-0.3, -0.25) is 4.79 Å². The van der Waals surface area contributed by atoms with Gasteiger partial charge in [-0.05, 0) is 25.9 Å². The molecule has 2 unspecified atom stereocenters. The monoisotopic (exact) mass is 282 g/mol. The minimum absolute atomic E-state index is 0.171. The van der Waals surface area contributed by atoms with E-state index in [1.807, 2.05) is 14.0 Å². The van der Waals surface area contributed by atoms with Crippen LogP contribution in [0.25, 0.3) is 0 Å². The smallest absolute Gasteiger partial charge is 0.347 e. The highest BCUT2D eigenvalue weighted by molar-refractivity contribution is 5.85. The van der Waals surface area contributed by atoms with E-state index in [1.165, 1.54) is 24.3 Å². The second-order valence-corrected chi connectivity index (χ2v) is 5.55. The van der Waals surface area contributed by atoms with Gasteiger partial charge < -0.3 is 10.2 Å². The van der Waals surface area contributed by atoms with E-state index in [4.69, 9.17) is 0 Å². The van der Waals surface area contributed by atoms with Crippen LogP contribution < -0.4 is 5.32 Å². The maximum Gasteiger partial charge on any atom is 0.349 e. The Hall–Kier alpha value is -1.49. The van der Waals surface area contributed by atoms with Crippen LogP contribution in [0.3, 0.4) is 0 Å². The summed E-state index contributed by atoms with van der Waals surface area (Å²) in [5.74, 6) is -4.51. The molecule has 0 bridgehead atoms. The minimum atomic E-state index is -3.48. The van der Waals surface area contributed by atoms with Crippen LogP contribution in [0.15, 0.2) is 30.3 Å². The lowest BCUT2D eigenvalue weighted by Gasteiger charge is -2.35. The fourth-order valence-corrected chi connectivity index (χ4v) is 2.61. The van der Waals surface area contributed by atoms with E-state index in [-0.39, 0.29) is 17.5 Å². The molecule has 1 heterocycles. The average Bonchev–Trinajstić information content (AvgIpc) is 2.42. The van der Waals surface area contributed by atoms with Gasteiger partial charge in [-0.2, -0.15) is 8.78 Å². The average molecular weight is 282 g/mol. The Kier molecular flexibility index (Phi) is 4.38. The van der Waals surface area contributed by atoms with E-state index in [1.54, 1.807) is 6.07 Å². The van der Waals surface area contributed by atoms with Crippen molar-refractivity contribution in [2.45, 2.75) is 25.3 Å². The lowest BCUT2D eigenvalue weighted by molar-refractivity contribution is -0.148. The van der Waals surface area contributed by atoms with Crippen molar-refractivity contribution in [3.8, 4) is 0 Å². The second kappa shape index (κ2) is 5.87. The van der Waals surface area contributed by atoms with Crippen molar-refractivity contribution in [2.75, 3.05) is 20.1 Å². The normalized spacial score (nSPS) is 24.4. The molecule has 1 amide bonds. The van der Waals surface area contributed by atoms with Crippen molar-refractivity contribution < 1.29 is 13.6 Å². The molecular formula is C15H20F2N2O. The summed E-state index contributed by atoms with van der Waals surface area (Å²) in [5, 5.41) is 2.51. The molecule has 1 aliphatic heterocycles. The number of hydrogen-bond donors (Lipinski definition) is 1. The number of carbonyl (C=O) groups excluding carboxylic acids is 1. The predicted molar refractivity (Wildman–Crippen MR) is 73.5 cm³/mol. The zero-order chi connectivity index (χ0) is 14.8. The quantitative estimate of drug-likeness (QED) is 0.922. The van der Waals surface area contributed by atoms with Crippen molar-refractivity contribution in [2.24, 2.45) is 5.92 Å². The number of halogens is 2. The molecule has 1 aromatic rings. The lowest BCUT2D eigenvalue weighted by Crippen LogP contribution is -2.52. The molecule has 1 fully saturated rings. The number of carbonyl (C=O) groups is 1. The lowest BCUT2D eigenvalue weighted by atomic mass is 9.93. The largest absolute Gasteiger partial charge is 0.349 e. The van der Waals surface area contributed by atoms with Crippen LogP contribution in [-0.2, 0) is 10.7 Å². The summed E-state index contributed by atoms with van der Waals surface area (Å²) in [7, 11) is 1.99. The highest BCUT2D eigenvalue weighted by Gasteiger charge is 2.42. The third-order valence-electron chi connectivity index (χ3n) is 3.85. The van der Waals surface area contributed by atoms with Crippen molar-refractivity contribution >= 4 is 5.91 Å². The van der Waals surface area contributed by atoms with Gasteiger partial charge in [0.05, 0.1) is 0 Å². The van der Waals surface area contributed by atoms with E-state index in [9.17, 15) is 13.6 Å². The topological polar surface area (TPSA) is 32.3 Å². The van der Waals surface area contributed by atoms with E-state index in [0.717, 1.165) is 13.1 Å². The van der Waals surface area contributed by atoms with Crippen LogP contribution in [-0.4, -0.2) is 37.0 Å².